The fraction of sp³-hybridized carbons (Fsp3) is 0.667. The summed E-state index contributed by atoms with van der Waals surface area (Å²) in [5.41, 5.74) is 0. The number of ether oxygens (including phenoxy) is 3. The molecule has 0 fully saturated rings. The fourth-order valence-electron chi connectivity index (χ4n) is 8.97. The van der Waals surface area contributed by atoms with Gasteiger partial charge in [-0.3, -0.25) is 32.5 Å². The Morgan fingerprint density at radius 3 is 0.903 bits per heavy atom. The number of aliphatic hydroxyl groups excluding tert-OH is 2. The normalized spacial score (nSPS) is 15.0. The van der Waals surface area contributed by atoms with E-state index in [-0.39, 0.29) is 19.3 Å². The van der Waals surface area contributed by atoms with Crippen LogP contribution in [0.1, 0.15) is 265 Å². The predicted molar refractivity (Wildman–Crippen MR) is 380 cm³/mol. The Balaban J connectivity index is 4.67. The molecular formula is C75H126O16P2. The van der Waals surface area contributed by atoms with Crippen molar-refractivity contribution in [2.45, 2.75) is 283 Å². The summed E-state index contributed by atoms with van der Waals surface area (Å²) in [6.45, 7) is 2.36. The fourth-order valence-corrected chi connectivity index (χ4v) is 10.6. The summed E-state index contributed by atoms with van der Waals surface area (Å²) in [7, 11) is -9.80. The van der Waals surface area contributed by atoms with Gasteiger partial charge >= 0.3 is 33.6 Å². The van der Waals surface area contributed by atoms with Crippen LogP contribution in [0.25, 0.3) is 0 Å². The van der Waals surface area contributed by atoms with E-state index < -0.39 is 91.5 Å². The standard InChI is InChI=1S/C75H126O16P2/c1-4-7-10-13-16-19-22-25-28-30-32-33-34-35-37-39-41-43-46-49-52-55-58-61-73(78)85-64-70(76)65-87-92(81,82)88-66-71(77)67-89-93(83,84)90-69-72(91-75(80)63-60-57-54-51-48-45-40-27-24-21-18-15-12-9-6-3)68-86-74(79)62-59-56-53-50-47-44-42-38-36-31-29-26-23-20-17-14-11-8-5-2/h8-9,11-12,16-21,25-29,32-33,35-38,40,70-72,76-77H,4-7,10,13-15,22-24,30-31,34,39,41-69H2,1-3H3,(H,81,82)(H,83,84)/b11-8-,12-9-,19-16-,20-17-,21-18-,28-25-,29-26-,33-32-,37-35-,38-36-,40-27-. The second-order valence-electron chi connectivity index (χ2n) is 23.3. The van der Waals surface area contributed by atoms with Crippen LogP contribution in [0.3, 0.4) is 0 Å². The zero-order chi connectivity index (χ0) is 68.1. The van der Waals surface area contributed by atoms with E-state index in [0.29, 0.717) is 19.3 Å². The summed E-state index contributed by atoms with van der Waals surface area (Å²) in [6, 6.07) is 0. The monoisotopic (exact) mass is 1340 g/mol. The molecule has 0 heterocycles. The Morgan fingerprint density at radius 1 is 0.312 bits per heavy atom. The zero-order valence-electron chi connectivity index (χ0n) is 57.6. The van der Waals surface area contributed by atoms with Gasteiger partial charge < -0.3 is 34.2 Å². The summed E-state index contributed by atoms with van der Waals surface area (Å²) in [4.78, 5) is 58.5. The number of carbonyl (C=O) groups is 3. The van der Waals surface area contributed by atoms with Crippen molar-refractivity contribution in [2.75, 3.05) is 39.6 Å². The van der Waals surface area contributed by atoms with Crippen LogP contribution < -0.4 is 0 Å². The van der Waals surface area contributed by atoms with E-state index >= 15 is 0 Å². The first-order chi connectivity index (χ1) is 45.2. The lowest BCUT2D eigenvalue weighted by molar-refractivity contribution is -0.161. The van der Waals surface area contributed by atoms with Gasteiger partial charge in [-0.15, -0.1) is 0 Å². The predicted octanol–water partition coefficient (Wildman–Crippen LogP) is 20.0. The van der Waals surface area contributed by atoms with E-state index in [0.717, 1.165) is 180 Å². The lowest BCUT2D eigenvalue weighted by Crippen LogP contribution is -2.30. The van der Waals surface area contributed by atoms with Gasteiger partial charge in [0, 0.05) is 19.3 Å². The van der Waals surface area contributed by atoms with E-state index in [1.54, 1.807) is 0 Å². The van der Waals surface area contributed by atoms with Gasteiger partial charge in [-0.25, -0.2) is 9.13 Å². The van der Waals surface area contributed by atoms with Gasteiger partial charge in [0.15, 0.2) is 6.10 Å². The Hall–Kier alpha value is -4.31. The van der Waals surface area contributed by atoms with Crippen LogP contribution in [0.5, 0.6) is 0 Å². The molecule has 0 aliphatic carbocycles. The minimum Gasteiger partial charge on any atom is -0.463 e. The lowest BCUT2D eigenvalue weighted by Gasteiger charge is -2.21. The van der Waals surface area contributed by atoms with E-state index in [4.69, 9.17) is 32.3 Å². The second kappa shape index (κ2) is 67.7. The number of allylic oxidation sites excluding steroid dienone is 22. The van der Waals surface area contributed by atoms with Crippen molar-refractivity contribution in [3.8, 4) is 0 Å². The third-order valence-electron chi connectivity index (χ3n) is 14.3. The molecule has 5 unspecified atom stereocenters. The molecule has 0 aromatic heterocycles. The number of phosphoric acid groups is 2. The summed E-state index contributed by atoms with van der Waals surface area (Å²) < 4.78 is 60.9. The van der Waals surface area contributed by atoms with Crippen LogP contribution in [-0.2, 0) is 55.8 Å². The molecule has 93 heavy (non-hydrogen) atoms. The summed E-state index contributed by atoms with van der Waals surface area (Å²) in [6.07, 6.45) is 79.2. The van der Waals surface area contributed by atoms with Crippen molar-refractivity contribution in [3.63, 3.8) is 0 Å². The average molecular weight is 1350 g/mol. The molecule has 0 aromatic carbocycles. The number of aliphatic hydroxyl groups is 2. The molecule has 0 rings (SSSR count). The quantitative estimate of drug-likeness (QED) is 0.0146. The van der Waals surface area contributed by atoms with Gasteiger partial charge in [0.25, 0.3) is 0 Å². The van der Waals surface area contributed by atoms with E-state index in [9.17, 15) is 43.5 Å². The van der Waals surface area contributed by atoms with Gasteiger partial charge in [-0.05, 0) is 135 Å². The molecule has 4 N–H and O–H groups in total. The summed E-state index contributed by atoms with van der Waals surface area (Å²) >= 11 is 0. The van der Waals surface area contributed by atoms with Crippen LogP contribution in [-0.4, -0.2) is 95.9 Å². The van der Waals surface area contributed by atoms with E-state index in [1.807, 2.05) is 0 Å². The highest BCUT2D eigenvalue weighted by Gasteiger charge is 2.29. The van der Waals surface area contributed by atoms with Crippen LogP contribution >= 0.6 is 15.6 Å². The molecule has 532 valence electrons. The van der Waals surface area contributed by atoms with Gasteiger partial charge in [-0.2, -0.15) is 0 Å². The molecule has 5 atom stereocenters. The SMILES string of the molecule is CC/C=C\C/C=C\C/C=C\C/C=C\CCCCCCCCC(=O)OCC(COP(=O)(O)OCC(O)COP(=O)(O)OCC(O)COC(=O)CCCCCCCCC/C=C\C/C=C\C/C=C\C/C=C\CCCCC)OC(=O)CCCCCCC/C=C\C/C=C\C/C=C\CC. The highest BCUT2D eigenvalue weighted by atomic mass is 31.2. The highest BCUT2D eigenvalue weighted by molar-refractivity contribution is 7.47. The van der Waals surface area contributed by atoms with Crippen molar-refractivity contribution >= 4 is 33.6 Å². The number of rotatable bonds is 66. The molecule has 0 spiro atoms. The maximum atomic E-state index is 12.9. The van der Waals surface area contributed by atoms with Crippen LogP contribution in [0.4, 0.5) is 0 Å². The first-order valence-corrected chi connectivity index (χ1v) is 38.5. The van der Waals surface area contributed by atoms with Crippen molar-refractivity contribution < 1.29 is 75.8 Å². The molecular weight excluding hydrogens is 1220 g/mol. The van der Waals surface area contributed by atoms with Crippen LogP contribution in [0.15, 0.2) is 134 Å². The maximum Gasteiger partial charge on any atom is 0.472 e. The lowest BCUT2D eigenvalue weighted by atomic mass is 10.1. The van der Waals surface area contributed by atoms with E-state index in [2.05, 4.69) is 154 Å². The topological polar surface area (TPSA) is 231 Å². The van der Waals surface area contributed by atoms with Gasteiger partial charge in [0.1, 0.15) is 25.4 Å². The minimum atomic E-state index is -4.94. The molecule has 0 saturated carbocycles. The Bertz CT molecular complexity index is 2230. The number of hydrogen-bond donors (Lipinski definition) is 4. The number of esters is 3. The Morgan fingerprint density at radius 2 is 0.570 bits per heavy atom. The Labute approximate surface area is 563 Å². The first kappa shape index (κ1) is 88.7. The number of hydrogen-bond acceptors (Lipinski definition) is 14. The highest BCUT2D eigenvalue weighted by Crippen LogP contribution is 2.45. The molecule has 0 saturated heterocycles. The van der Waals surface area contributed by atoms with Crippen molar-refractivity contribution in [2.24, 2.45) is 0 Å². The molecule has 0 amide bonds. The number of phosphoric ester groups is 2. The van der Waals surface area contributed by atoms with Gasteiger partial charge in [0.05, 0.1) is 26.4 Å². The van der Waals surface area contributed by atoms with Crippen molar-refractivity contribution in [1.29, 1.82) is 0 Å². The molecule has 16 nitrogen and oxygen atoms in total. The first-order valence-electron chi connectivity index (χ1n) is 35.5. The number of unbranched alkanes of at least 4 members (excludes halogenated alkanes) is 21. The zero-order valence-corrected chi connectivity index (χ0v) is 59.4. The molecule has 0 aliphatic rings. The van der Waals surface area contributed by atoms with Gasteiger partial charge in [0.2, 0.25) is 0 Å². The second-order valence-corrected chi connectivity index (χ2v) is 26.2. The van der Waals surface area contributed by atoms with E-state index in [1.165, 1.54) is 25.7 Å². The summed E-state index contributed by atoms with van der Waals surface area (Å²) in [5.74, 6) is -1.63. The third kappa shape index (κ3) is 68.9. The molecule has 0 radical (unpaired) electrons. The molecule has 0 aromatic rings. The van der Waals surface area contributed by atoms with Crippen molar-refractivity contribution in [3.05, 3.63) is 134 Å². The number of carbonyl (C=O) groups excluding carboxylic acids is 3. The molecule has 0 aliphatic heterocycles. The summed E-state index contributed by atoms with van der Waals surface area (Å²) in [5, 5.41) is 20.6. The minimum absolute atomic E-state index is 0.0774. The van der Waals surface area contributed by atoms with Crippen molar-refractivity contribution in [1.82, 2.24) is 0 Å². The molecule has 0 bridgehead atoms. The van der Waals surface area contributed by atoms with Crippen LogP contribution in [0.2, 0.25) is 0 Å². The smallest absolute Gasteiger partial charge is 0.463 e. The third-order valence-corrected chi connectivity index (χ3v) is 16.2. The largest absolute Gasteiger partial charge is 0.472 e. The van der Waals surface area contributed by atoms with Crippen LogP contribution in [0, 0.1) is 0 Å². The average Bonchev–Trinajstić information content (AvgIpc) is 3.19. The maximum absolute atomic E-state index is 12.9. The Kier molecular flexibility index (Phi) is 64.5. The molecule has 18 heteroatoms. The van der Waals surface area contributed by atoms with Gasteiger partial charge in [-0.1, -0.05) is 244 Å².